The number of rotatable bonds is 8. The maximum absolute atomic E-state index is 13.0. The Kier molecular flexibility index (Phi) is 7.08. The van der Waals surface area contributed by atoms with Crippen LogP contribution in [-0.2, 0) is 16.0 Å². The molecule has 3 aromatic rings. The Labute approximate surface area is 199 Å². The molecule has 1 unspecified atom stereocenters. The number of esters is 1. The monoisotopic (exact) mass is 459 g/mol. The van der Waals surface area contributed by atoms with Crippen LogP contribution in [0.5, 0.6) is 0 Å². The molecule has 2 aromatic carbocycles. The number of ketones is 2. The molecule has 1 saturated heterocycles. The molecule has 1 fully saturated rings. The van der Waals surface area contributed by atoms with Crippen LogP contribution in [0.1, 0.15) is 66.4 Å². The largest absolute Gasteiger partial charge is 0.454 e. The van der Waals surface area contributed by atoms with Crippen LogP contribution < -0.4 is 0 Å². The predicted molar refractivity (Wildman–Crippen MR) is 129 cm³/mol. The summed E-state index contributed by atoms with van der Waals surface area (Å²) >= 11 is 0. The molecule has 1 aliphatic heterocycles. The second-order valence-corrected chi connectivity index (χ2v) is 8.77. The van der Waals surface area contributed by atoms with Gasteiger partial charge in [0.05, 0.1) is 11.7 Å². The minimum absolute atomic E-state index is 0.143. The average Bonchev–Trinajstić information content (AvgIpc) is 3.46. The third-order valence-corrected chi connectivity index (χ3v) is 6.32. The van der Waals surface area contributed by atoms with Crippen molar-refractivity contribution in [2.75, 3.05) is 13.2 Å². The number of carbonyl (C=O) groups excluding carboxylic acids is 3. The summed E-state index contributed by atoms with van der Waals surface area (Å²) in [7, 11) is 0. The van der Waals surface area contributed by atoms with Crippen LogP contribution in [-0.4, -0.2) is 41.4 Å². The summed E-state index contributed by atoms with van der Waals surface area (Å²) in [5.74, 6) is -1.24. The Morgan fingerprint density at radius 2 is 1.68 bits per heavy atom. The van der Waals surface area contributed by atoms with Crippen LogP contribution in [0.15, 0.2) is 54.6 Å². The highest BCUT2D eigenvalue weighted by molar-refractivity contribution is 6.14. The van der Waals surface area contributed by atoms with E-state index in [0.29, 0.717) is 17.7 Å². The van der Waals surface area contributed by atoms with E-state index < -0.39 is 12.6 Å². The van der Waals surface area contributed by atoms with Crippen LogP contribution in [0, 0.1) is 20.8 Å². The van der Waals surface area contributed by atoms with Gasteiger partial charge in [-0.2, -0.15) is 0 Å². The summed E-state index contributed by atoms with van der Waals surface area (Å²) < 4.78 is 13.2. The lowest BCUT2D eigenvalue weighted by atomic mass is 9.98. The molecule has 4 rings (SSSR count). The number of carbonyl (C=O) groups is 3. The van der Waals surface area contributed by atoms with Gasteiger partial charge in [-0.15, -0.1) is 0 Å². The van der Waals surface area contributed by atoms with E-state index in [1.54, 1.807) is 36.4 Å². The first kappa shape index (κ1) is 23.6. The van der Waals surface area contributed by atoms with Crippen LogP contribution in [0.2, 0.25) is 0 Å². The minimum Gasteiger partial charge on any atom is -0.454 e. The van der Waals surface area contributed by atoms with Crippen LogP contribution in [0.4, 0.5) is 0 Å². The number of aryl methyl sites for hydroxylation is 2. The van der Waals surface area contributed by atoms with Crippen LogP contribution in [0.25, 0.3) is 0 Å². The Morgan fingerprint density at radius 1 is 0.971 bits per heavy atom. The van der Waals surface area contributed by atoms with Crippen molar-refractivity contribution in [3.63, 3.8) is 0 Å². The summed E-state index contributed by atoms with van der Waals surface area (Å²) in [6.07, 6.45) is 2.23. The lowest BCUT2D eigenvalue weighted by Gasteiger charge is -2.14. The van der Waals surface area contributed by atoms with Crippen molar-refractivity contribution in [2.45, 2.75) is 46.3 Å². The molecule has 1 aromatic heterocycles. The number of aromatic nitrogens is 1. The fourth-order valence-electron chi connectivity index (χ4n) is 4.36. The van der Waals surface area contributed by atoms with Crippen LogP contribution >= 0.6 is 0 Å². The molecule has 34 heavy (non-hydrogen) atoms. The topological polar surface area (TPSA) is 74.6 Å². The second kappa shape index (κ2) is 10.2. The molecule has 0 amide bonds. The fourth-order valence-corrected chi connectivity index (χ4v) is 4.36. The molecule has 0 radical (unpaired) electrons. The van der Waals surface area contributed by atoms with Gasteiger partial charge in [0.1, 0.15) is 0 Å². The Balaban J connectivity index is 1.46. The molecule has 0 bridgehead atoms. The molecule has 0 N–H and O–H groups in total. The van der Waals surface area contributed by atoms with Gasteiger partial charge in [-0.1, -0.05) is 48.0 Å². The van der Waals surface area contributed by atoms with E-state index >= 15 is 0 Å². The highest BCUT2D eigenvalue weighted by atomic mass is 16.5. The smallest absolute Gasteiger partial charge is 0.339 e. The van der Waals surface area contributed by atoms with Gasteiger partial charge < -0.3 is 14.0 Å². The number of Topliss-reactive ketones (excluding diaryl/α,β-unsaturated/α-hetero) is 1. The normalized spacial score (nSPS) is 15.3. The van der Waals surface area contributed by atoms with Crippen molar-refractivity contribution in [1.82, 2.24) is 4.57 Å². The molecule has 2 heterocycles. The van der Waals surface area contributed by atoms with Crippen molar-refractivity contribution in [2.24, 2.45) is 0 Å². The minimum atomic E-state index is -0.697. The van der Waals surface area contributed by atoms with Crippen molar-refractivity contribution in [3.8, 4) is 0 Å². The van der Waals surface area contributed by atoms with Gasteiger partial charge in [0.25, 0.3) is 0 Å². The maximum atomic E-state index is 13.0. The van der Waals surface area contributed by atoms with Gasteiger partial charge >= 0.3 is 5.97 Å². The lowest BCUT2D eigenvalue weighted by Crippen LogP contribution is -2.19. The van der Waals surface area contributed by atoms with Crippen molar-refractivity contribution < 1.29 is 23.9 Å². The first-order valence-corrected chi connectivity index (χ1v) is 11.5. The molecule has 6 heteroatoms. The highest BCUT2D eigenvalue weighted by Gasteiger charge is 2.23. The predicted octanol–water partition coefficient (Wildman–Crippen LogP) is 4.86. The first-order chi connectivity index (χ1) is 16.3. The molecule has 1 atom stereocenters. The molecular formula is C28H29NO5. The summed E-state index contributed by atoms with van der Waals surface area (Å²) in [6, 6.07) is 15.5. The Bertz CT molecular complexity index is 1220. The number of hydrogen-bond donors (Lipinski definition) is 0. The Morgan fingerprint density at radius 3 is 2.35 bits per heavy atom. The molecule has 0 saturated carbocycles. The van der Waals surface area contributed by atoms with E-state index in [4.69, 9.17) is 9.47 Å². The number of hydrogen-bond acceptors (Lipinski definition) is 5. The summed E-state index contributed by atoms with van der Waals surface area (Å²) in [5.41, 5.74) is 4.26. The summed E-state index contributed by atoms with van der Waals surface area (Å²) in [5, 5.41) is 0. The maximum Gasteiger partial charge on any atom is 0.339 e. The third kappa shape index (κ3) is 5.02. The third-order valence-electron chi connectivity index (χ3n) is 6.32. The van der Waals surface area contributed by atoms with Gasteiger partial charge in [-0.25, -0.2) is 4.79 Å². The quantitative estimate of drug-likeness (QED) is 0.355. The number of ether oxygens (including phenoxy) is 2. The zero-order chi connectivity index (χ0) is 24.2. The molecule has 176 valence electrons. The average molecular weight is 460 g/mol. The molecule has 0 aliphatic carbocycles. The SMILES string of the molecule is Cc1ccc(C(=O)c2ccccc2C(=O)OCC(=O)c2cc(C)n(CC3CCCO3)c2C)cc1. The molecule has 6 nitrogen and oxygen atoms in total. The van der Waals surface area contributed by atoms with Gasteiger partial charge in [0, 0.05) is 41.2 Å². The van der Waals surface area contributed by atoms with Gasteiger partial charge in [0.15, 0.2) is 12.4 Å². The summed E-state index contributed by atoms with van der Waals surface area (Å²) in [6.45, 7) is 6.88. The van der Waals surface area contributed by atoms with E-state index in [-0.39, 0.29) is 28.8 Å². The Hall–Kier alpha value is -3.51. The molecular weight excluding hydrogens is 430 g/mol. The number of benzene rings is 2. The van der Waals surface area contributed by atoms with E-state index in [1.165, 1.54) is 0 Å². The highest BCUT2D eigenvalue weighted by Crippen LogP contribution is 2.21. The van der Waals surface area contributed by atoms with Crippen molar-refractivity contribution in [1.29, 1.82) is 0 Å². The number of nitrogens with zero attached hydrogens (tertiary/aromatic N) is 1. The summed E-state index contributed by atoms with van der Waals surface area (Å²) in [4.78, 5) is 38.7. The standard InChI is InChI=1S/C28H29NO5/c1-18-10-12-21(13-11-18)27(31)23-8-4-5-9-24(23)28(32)34-17-26(30)25-15-19(2)29(20(25)3)16-22-7-6-14-33-22/h4-5,8-13,15,22H,6-7,14,16-17H2,1-3H3. The van der Waals surface area contributed by atoms with Crippen molar-refractivity contribution in [3.05, 3.63) is 93.8 Å². The van der Waals surface area contributed by atoms with Crippen molar-refractivity contribution >= 4 is 17.5 Å². The second-order valence-electron chi connectivity index (χ2n) is 8.77. The lowest BCUT2D eigenvalue weighted by molar-refractivity contribution is 0.0472. The fraction of sp³-hybridized carbons (Fsp3) is 0.321. The van der Waals surface area contributed by atoms with E-state index in [2.05, 4.69) is 4.57 Å². The zero-order valence-electron chi connectivity index (χ0n) is 19.8. The van der Waals surface area contributed by atoms with Gasteiger partial charge in [-0.05, 0) is 45.7 Å². The zero-order valence-corrected chi connectivity index (χ0v) is 19.8. The van der Waals surface area contributed by atoms with E-state index in [1.807, 2.05) is 39.0 Å². The van der Waals surface area contributed by atoms with E-state index in [0.717, 1.165) is 36.4 Å². The van der Waals surface area contributed by atoms with Gasteiger partial charge in [0.2, 0.25) is 5.78 Å². The first-order valence-electron chi connectivity index (χ1n) is 11.5. The van der Waals surface area contributed by atoms with Gasteiger partial charge in [-0.3, -0.25) is 9.59 Å². The molecule has 0 spiro atoms. The van der Waals surface area contributed by atoms with Crippen LogP contribution in [0.3, 0.4) is 0 Å². The van der Waals surface area contributed by atoms with E-state index in [9.17, 15) is 14.4 Å². The molecule has 1 aliphatic rings.